The van der Waals surface area contributed by atoms with Crippen molar-refractivity contribution in [3.05, 3.63) is 65.3 Å². The van der Waals surface area contributed by atoms with Gasteiger partial charge in [-0.15, -0.1) is 0 Å². The number of anilines is 1. The van der Waals surface area contributed by atoms with Crippen LogP contribution in [-0.4, -0.2) is 4.98 Å². The van der Waals surface area contributed by atoms with Gasteiger partial charge in [0.1, 0.15) is 12.4 Å². The van der Waals surface area contributed by atoms with Gasteiger partial charge in [-0.25, -0.2) is 0 Å². The lowest BCUT2D eigenvalue weighted by atomic mass is 10.1. The van der Waals surface area contributed by atoms with E-state index >= 15 is 0 Å². The predicted octanol–water partition coefficient (Wildman–Crippen LogP) is 4.05. The number of hydrogen-bond acceptors (Lipinski definition) is 3. The molecule has 0 spiro atoms. The summed E-state index contributed by atoms with van der Waals surface area (Å²) in [6, 6.07) is 15.2. The average molecular weight is 285 g/mol. The summed E-state index contributed by atoms with van der Waals surface area (Å²) in [6.45, 7) is 0.439. The lowest BCUT2D eigenvalue weighted by molar-refractivity contribution is 0.309. The van der Waals surface area contributed by atoms with Gasteiger partial charge in [-0.1, -0.05) is 29.8 Å². The minimum absolute atomic E-state index is 0.439. The van der Waals surface area contributed by atoms with Crippen LogP contribution in [0.15, 0.2) is 54.7 Å². The Kier molecular flexibility index (Phi) is 3.44. The first kappa shape index (κ1) is 12.8. The second kappa shape index (κ2) is 5.39. The second-order valence-electron chi connectivity index (χ2n) is 4.46. The number of halogens is 1. The van der Waals surface area contributed by atoms with Gasteiger partial charge in [-0.05, 0) is 30.3 Å². The molecule has 0 bridgehead atoms. The van der Waals surface area contributed by atoms with Gasteiger partial charge in [-0.2, -0.15) is 0 Å². The van der Waals surface area contributed by atoms with Crippen LogP contribution in [0.2, 0.25) is 5.02 Å². The number of nitrogens with zero attached hydrogens (tertiary/aromatic N) is 1. The molecule has 0 saturated heterocycles. The minimum Gasteiger partial charge on any atom is -0.487 e. The summed E-state index contributed by atoms with van der Waals surface area (Å²) in [5.41, 5.74) is 8.44. The Morgan fingerprint density at radius 1 is 1.10 bits per heavy atom. The molecule has 0 amide bonds. The maximum atomic E-state index is 5.88. The Labute approximate surface area is 122 Å². The summed E-state index contributed by atoms with van der Waals surface area (Å²) in [7, 11) is 0. The van der Waals surface area contributed by atoms with Gasteiger partial charge in [0.25, 0.3) is 0 Å². The van der Waals surface area contributed by atoms with E-state index in [4.69, 9.17) is 22.1 Å². The van der Waals surface area contributed by atoms with Crippen molar-refractivity contribution < 1.29 is 4.74 Å². The first-order valence-electron chi connectivity index (χ1n) is 6.24. The quantitative estimate of drug-likeness (QED) is 0.738. The molecule has 1 heterocycles. The molecular formula is C16H13ClN2O. The fraction of sp³-hybridized carbons (Fsp3) is 0.0625. The summed E-state index contributed by atoms with van der Waals surface area (Å²) in [5.74, 6) is 0.635. The normalized spacial score (nSPS) is 10.7. The number of fused-ring (bicyclic) bond motifs is 1. The summed E-state index contributed by atoms with van der Waals surface area (Å²) < 4.78 is 5.77. The number of benzene rings is 2. The molecule has 0 aliphatic heterocycles. The van der Waals surface area contributed by atoms with Crippen LogP contribution >= 0.6 is 11.6 Å². The monoisotopic (exact) mass is 284 g/mol. The molecule has 4 heteroatoms. The van der Waals surface area contributed by atoms with Crippen molar-refractivity contribution in [3.8, 4) is 5.75 Å². The second-order valence-corrected chi connectivity index (χ2v) is 4.89. The molecule has 20 heavy (non-hydrogen) atoms. The molecule has 3 nitrogen and oxygen atoms in total. The number of hydrogen-bond donors (Lipinski definition) is 1. The van der Waals surface area contributed by atoms with Crippen molar-refractivity contribution in [3.63, 3.8) is 0 Å². The van der Waals surface area contributed by atoms with Gasteiger partial charge in [-0.3, -0.25) is 4.98 Å². The van der Waals surface area contributed by atoms with Crippen molar-refractivity contribution in [1.82, 2.24) is 4.98 Å². The zero-order valence-corrected chi connectivity index (χ0v) is 11.5. The van der Waals surface area contributed by atoms with Crippen LogP contribution in [0.5, 0.6) is 5.75 Å². The molecule has 0 aliphatic carbocycles. The smallest absolute Gasteiger partial charge is 0.142 e. The topological polar surface area (TPSA) is 48.1 Å². The van der Waals surface area contributed by atoms with Crippen LogP contribution < -0.4 is 10.5 Å². The third-order valence-electron chi connectivity index (χ3n) is 3.09. The number of rotatable bonds is 3. The number of aromatic nitrogens is 1. The lowest BCUT2D eigenvalue weighted by Gasteiger charge is -2.10. The Balaban J connectivity index is 1.87. The Morgan fingerprint density at radius 2 is 1.95 bits per heavy atom. The SMILES string of the molecule is Nc1cc(Cl)ccc1OCc1ccnc2ccccc12. The van der Waals surface area contributed by atoms with Crippen LogP contribution in [0.25, 0.3) is 10.9 Å². The summed E-state index contributed by atoms with van der Waals surface area (Å²) in [6.07, 6.45) is 1.78. The maximum Gasteiger partial charge on any atom is 0.142 e. The third-order valence-corrected chi connectivity index (χ3v) is 3.33. The number of nitrogens with two attached hydrogens (primary N) is 1. The molecule has 3 rings (SSSR count). The fourth-order valence-electron chi connectivity index (χ4n) is 2.09. The van der Waals surface area contributed by atoms with E-state index in [1.165, 1.54) is 0 Å². The van der Waals surface area contributed by atoms with E-state index in [1.807, 2.05) is 30.3 Å². The first-order valence-corrected chi connectivity index (χ1v) is 6.62. The van der Waals surface area contributed by atoms with Crippen LogP contribution in [0.4, 0.5) is 5.69 Å². The van der Waals surface area contributed by atoms with E-state index in [2.05, 4.69) is 4.98 Å². The van der Waals surface area contributed by atoms with Crippen molar-refractivity contribution >= 4 is 28.2 Å². The molecule has 1 aromatic heterocycles. The molecule has 0 unspecified atom stereocenters. The van der Waals surface area contributed by atoms with Gasteiger partial charge in [0.15, 0.2) is 0 Å². The van der Waals surface area contributed by atoms with E-state index < -0.39 is 0 Å². The predicted molar refractivity (Wildman–Crippen MR) is 81.9 cm³/mol. The molecule has 3 aromatic rings. The van der Waals surface area contributed by atoms with E-state index in [0.717, 1.165) is 16.5 Å². The molecule has 100 valence electrons. The highest BCUT2D eigenvalue weighted by atomic mass is 35.5. The van der Waals surface area contributed by atoms with Crippen LogP contribution in [-0.2, 0) is 6.61 Å². The molecule has 0 atom stereocenters. The zero-order valence-electron chi connectivity index (χ0n) is 10.7. The summed E-state index contributed by atoms with van der Waals surface area (Å²) in [5, 5.41) is 1.69. The van der Waals surface area contributed by atoms with Gasteiger partial charge >= 0.3 is 0 Å². The summed E-state index contributed by atoms with van der Waals surface area (Å²) >= 11 is 5.87. The van der Waals surface area contributed by atoms with Gasteiger partial charge in [0.2, 0.25) is 0 Å². The summed E-state index contributed by atoms with van der Waals surface area (Å²) in [4.78, 5) is 4.33. The largest absolute Gasteiger partial charge is 0.487 e. The van der Waals surface area contributed by atoms with Crippen LogP contribution in [0.1, 0.15) is 5.56 Å². The number of pyridine rings is 1. The molecule has 0 aliphatic rings. The highest BCUT2D eigenvalue weighted by Gasteiger charge is 2.05. The van der Waals surface area contributed by atoms with Gasteiger partial charge in [0, 0.05) is 22.2 Å². The zero-order chi connectivity index (χ0) is 13.9. The van der Waals surface area contributed by atoms with Gasteiger partial charge < -0.3 is 10.5 Å². The first-order chi connectivity index (χ1) is 9.74. The van der Waals surface area contributed by atoms with Crippen molar-refractivity contribution in [2.45, 2.75) is 6.61 Å². The number of para-hydroxylation sites is 1. The molecule has 0 saturated carbocycles. The standard InChI is InChI=1S/C16H13ClN2O/c17-12-5-6-16(14(18)9-12)20-10-11-7-8-19-15-4-2-1-3-13(11)15/h1-9H,10,18H2. The molecule has 0 radical (unpaired) electrons. The van der Waals surface area contributed by atoms with E-state index in [0.29, 0.717) is 23.1 Å². The van der Waals surface area contributed by atoms with Crippen molar-refractivity contribution in [1.29, 1.82) is 0 Å². The Bertz CT molecular complexity index is 753. The maximum absolute atomic E-state index is 5.88. The number of ether oxygens (including phenoxy) is 1. The van der Waals surface area contributed by atoms with E-state index in [1.54, 1.807) is 24.4 Å². The molecule has 2 N–H and O–H groups in total. The Morgan fingerprint density at radius 3 is 2.80 bits per heavy atom. The Hall–Kier alpha value is -2.26. The molecular weight excluding hydrogens is 272 g/mol. The van der Waals surface area contributed by atoms with Crippen molar-refractivity contribution in [2.75, 3.05) is 5.73 Å². The highest BCUT2D eigenvalue weighted by Crippen LogP contribution is 2.26. The molecule has 2 aromatic carbocycles. The molecule has 0 fully saturated rings. The average Bonchev–Trinajstić information content (AvgIpc) is 2.46. The number of nitrogen functional groups attached to an aromatic ring is 1. The minimum atomic E-state index is 0.439. The highest BCUT2D eigenvalue weighted by molar-refractivity contribution is 6.30. The van der Waals surface area contributed by atoms with Gasteiger partial charge in [0.05, 0.1) is 11.2 Å². The van der Waals surface area contributed by atoms with Crippen molar-refractivity contribution in [2.24, 2.45) is 0 Å². The van der Waals surface area contributed by atoms with E-state index in [-0.39, 0.29) is 0 Å². The lowest BCUT2D eigenvalue weighted by Crippen LogP contribution is -1.99. The fourth-order valence-corrected chi connectivity index (χ4v) is 2.27. The van der Waals surface area contributed by atoms with E-state index in [9.17, 15) is 0 Å². The van der Waals surface area contributed by atoms with Crippen LogP contribution in [0, 0.1) is 0 Å². The third kappa shape index (κ3) is 2.53. The van der Waals surface area contributed by atoms with Crippen LogP contribution in [0.3, 0.4) is 0 Å².